The molecule has 2 amide bonds. The van der Waals surface area contributed by atoms with E-state index >= 15 is 0 Å². The summed E-state index contributed by atoms with van der Waals surface area (Å²) in [5.74, 6) is 0. The quantitative estimate of drug-likeness (QED) is 0.723. The molecule has 0 bridgehead atoms. The highest BCUT2D eigenvalue weighted by molar-refractivity contribution is 5.74. The van der Waals surface area contributed by atoms with Gasteiger partial charge in [0.05, 0.1) is 31.1 Å². The maximum atomic E-state index is 11.6. The molecule has 3 N–H and O–H groups in total. The molecule has 0 aliphatic rings. The molecule has 1 atom stereocenters. The fourth-order valence-electron chi connectivity index (χ4n) is 1.70. The third-order valence-corrected chi connectivity index (χ3v) is 2.85. The van der Waals surface area contributed by atoms with Gasteiger partial charge in [-0.2, -0.15) is 5.10 Å². The first-order valence-corrected chi connectivity index (χ1v) is 6.17. The predicted octanol–water partition coefficient (Wildman–Crippen LogP) is 0.299. The molecule has 1 unspecified atom stereocenters. The maximum absolute atomic E-state index is 11.6. The van der Waals surface area contributed by atoms with Crippen molar-refractivity contribution in [2.24, 2.45) is 0 Å². The van der Waals surface area contributed by atoms with Crippen LogP contribution in [-0.4, -0.2) is 38.4 Å². The normalized spacial score (nSPS) is 12.3. The molecule has 19 heavy (non-hydrogen) atoms. The van der Waals surface area contributed by atoms with Gasteiger partial charge in [-0.15, -0.1) is 0 Å². The summed E-state index contributed by atoms with van der Waals surface area (Å²) in [6.07, 6.45) is 4.02. The first-order valence-electron chi connectivity index (χ1n) is 6.17. The van der Waals surface area contributed by atoms with Gasteiger partial charge in [-0.1, -0.05) is 6.92 Å². The van der Waals surface area contributed by atoms with Gasteiger partial charge in [-0.3, -0.25) is 0 Å². The van der Waals surface area contributed by atoms with Gasteiger partial charge in [0, 0.05) is 12.3 Å². The molecule has 2 aromatic rings. The van der Waals surface area contributed by atoms with E-state index in [1.807, 2.05) is 6.92 Å². The van der Waals surface area contributed by atoms with Crippen LogP contribution >= 0.6 is 0 Å². The van der Waals surface area contributed by atoms with E-state index in [0.717, 1.165) is 11.3 Å². The second kappa shape index (κ2) is 6.14. The number of hydrogen-bond acceptors (Lipinski definition) is 4. The fraction of sp³-hybridized carbons (Fsp3) is 0.417. The van der Waals surface area contributed by atoms with Crippen molar-refractivity contribution >= 4 is 11.7 Å². The molecule has 0 radical (unpaired) electrons. The molecule has 2 rings (SSSR count). The van der Waals surface area contributed by atoms with Crippen LogP contribution in [0.3, 0.4) is 0 Å². The Kier molecular flexibility index (Phi) is 4.30. The summed E-state index contributed by atoms with van der Waals surface area (Å²) < 4.78 is 1.67. The van der Waals surface area contributed by atoms with Crippen molar-refractivity contribution in [2.75, 3.05) is 6.61 Å². The molecule has 2 heterocycles. The molecule has 0 aliphatic carbocycles. The molecule has 0 saturated heterocycles. The highest BCUT2D eigenvalue weighted by atomic mass is 16.3. The number of carbonyl (C=O) groups excluding carboxylic acids is 1. The van der Waals surface area contributed by atoms with Crippen LogP contribution < -0.4 is 10.6 Å². The van der Waals surface area contributed by atoms with Crippen LogP contribution in [-0.2, 0) is 6.54 Å². The average molecular weight is 263 g/mol. The number of urea groups is 1. The molecule has 0 spiro atoms. The van der Waals surface area contributed by atoms with Crippen LogP contribution in [0.2, 0.25) is 0 Å². The second-order valence-corrected chi connectivity index (χ2v) is 4.15. The first kappa shape index (κ1) is 13.3. The first-order chi connectivity index (χ1) is 9.24. The van der Waals surface area contributed by atoms with Gasteiger partial charge in [0.15, 0.2) is 5.65 Å². The van der Waals surface area contributed by atoms with Crippen LogP contribution in [0.5, 0.6) is 0 Å². The van der Waals surface area contributed by atoms with Crippen molar-refractivity contribution in [2.45, 2.75) is 25.9 Å². The molecular weight excluding hydrogens is 246 g/mol. The molecular formula is C12H17N5O2. The Morgan fingerprint density at radius 3 is 3.05 bits per heavy atom. The Morgan fingerprint density at radius 1 is 1.47 bits per heavy atom. The Bertz CT molecular complexity index is 550. The highest BCUT2D eigenvalue weighted by Crippen LogP contribution is 2.02. The van der Waals surface area contributed by atoms with E-state index < -0.39 is 0 Å². The number of aliphatic hydroxyl groups is 1. The summed E-state index contributed by atoms with van der Waals surface area (Å²) in [6, 6.07) is 3.06. The summed E-state index contributed by atoms with van der Waals surface area (Å²) in [5, 5.41) is 18.6. The van der Waals surface area contributed by atoms with Crippen LogP contribution in [0.1, 0.15) is 19.0 Å². The van der Waals surface area contributed by atoms with Gasteiger partial charge in [-0.25, -0.2) is 14.3 Å². The Morgan fingerprint density at radius 2 is 2.32 bits per heavy atom. The molecule has 102 valence electrons. The fourth-order valence-corrected chi connectivity index (χ4v) is 1.70. The largest absolute Gasteiger partial charge is 0.394 e. The lowest BCUT2D eigenvalue weighted by atomic mass is 10.2. The van der Waals surface area contributed by atoms with E-state index in [4.69, 9.17) is 5.11 Å². The molecule has 0 fully saturated rings. The number of aliphatic hydroxyl groups excluding tert-OH is 1. The smallest absolute Gasteiger partial charge is 0.315 e. The van der Waals surface area contributed by atoms with Crippen LogP contribution in [0.25, 0.3) is 5.65 Å². The highest BCUT2D eigenvalue weighted by Gasteiger charge is 2.09. The average Bonchev–Trinajstić information content (AvgIpc) is 2.91. The lowest BCUT2D eigenvalue weighted by Gasteiger charge is -2.14. The maximum Gasteiger partial charge on any atom is 0.315 e. The standard InChI is InChI=1S/C12H17N5O2/c1-2-9(8-18)16-12(19)14-7-10-3-5-13-11-4-6-15-17(10)11/h3-6,9,18H,2,7-8H2,1H3,(H2,14,16,19). The van der Waals surface area contributed by atoms with Gasteiger partial charge in [0.2, 0.25) is 0 Å². The van der Waals surface area contributed by atoms with Gasteiger partial charge in [-0.05, 0) is 12.5 Å². The minimum Gasteiger partial charge on any atom is -0.394 e. The number of amides is 2. The van der Waals surface area contributed by atoms with E-state index in [9.17, 15) is 4.79 Å². The zero-order valence-corrected chi connectivity index (χ0v) is 10.7. The van der Waals surface area contributed by atoms with Crippen molar-refractivity contribution < 1.29 is 9.90 Å². The van der Waals surface area contributed by atoms with Gasteiger partial charge < -0.3 is 15.7 Å². The lowest BCUT2D eigenvalue weighted by molar-refractivity contribution is 0.214. The van der Waals surface area contributed by atoms with Crippen molar-refractivity contribution in [3.8, 4) is 0 Å². The predicted molar refractivity (Wildman–Crippen MR) is 69.5 cm³/mol. The molecule has 7 nitrogen and oxygen atoms in total. The van der Waals surface area contributed by atoms with Crippen molar-refractivity contribution in [3.05, 3.63) is 30.2 Å². The molecule has 2 aromatic heterocycles. The summed E-state index contributed by atoms with van der Waals surface area (Å²) in [4.78, 5) is 15.8. The lowest BCUT2D eigenvalue weighted by Crippen LogP contribution is -2.43. The van der Waals surface area contributed by atoms with E-state index in [2.05, 4.69) is 20.7 Å². The van der Waals surface area contributed by atoms with E-state index in [1.165, 1.54) is 0 Å². The van der Waals surface area contributed by atoms with Gasteiger partial charge >= 0.3 is 6.03 Å². The second-order valence-electron chi connectivity index (χ2n) is 4.15. The van der Waals surface area contributed by atoms with Crippen molar-refractivity contribution in [1.82, 2.24) is 25.2 Å². The topological polar surface area (TPSA) is 91.5 Å². The number of nitrogens with one attached hydrogen (secondary N) is 2. The van der Waals surface area contributed by atoms with Gasteiger partial charge in [0.1, 0.15) is 0 Å². The summed E-state index contributed by atoms with van der Waals surface area (Å²) in [7, 11) is 0. The van der Waals surface area contributed by atoms with E-state index in [0.29, 0.717) is 13.0 Å². The zero-order valence-electron chi connectivity index (χ0n) is 10.7. The monoisotopic (exact) mass is 263 g/mol. The zero-order chi connectivity index (χ0) is 13.7. The summed E-state index contributed by atoms with van der Waals surface area (Å²) >= 11 is 0. The number of fused-ring (bicyclic) bond motifs is 1. The molecule has 7 heteroatoms. The number of nitrogens with zero attached hydrogens (tertiary/aromatic N) is 3. The summed E-state index contributed by atoms with van der Waals surface area (Å²) in [5.41, 5.74) is 1.57. The Labute approximate surface area is 110 Å². The summed E-state index contributed by atoms with van der Waals surface area (Å²) in [6.45, 7) is 2.17. The molecule has 0 aromatic carbocycles. The SMILES string of the molecule is CCC(CO)NC(=O)NCc1ccnc2ccnn12. The number of rotatable bonds is 5. The number of hydrogen-bond donors (Lipinski definition) is 3. The minimum absolute atomic E-state index is 0.0669. The number of carbonyl (C=O) groups is 1. The molecule has 0 aliphatic heterocycles. The minimum atomic E-state index is -0.307. The third kappa shape index (κ3) is 3.19. The van der Waals surface area contributed by atoms with Crippen LogP contribution in [0.4, 0.5) is 4.79 Å². The number of aromatic nitrogens is 3. The third-order valence-electron chi connectivity index (χ3n) is 2.85. The van der Waals surface area contributed by atoms with E-state index in [1.54, 1.807) is 29.0 Å². The van der Waals surface area contributed by atoms with E-state index in [-0.39, 0.29) is 18.7 Å². The Balaban J connectivity index is 1.95. The Hall–Kier alpha value is -2.15. The van der Waals surface area contributed by atoms with Crippen LogP contribution in [0.15, 0.2) is 24.5 Å². The van der Waals surface area contributed by atoms with Crippen molar-refractivity contribution in [1.29, 1.82) is 0 Å². The van der Waals surface area contributed by atoms with Gasteiger partial charge in [0.25, 0.3) is 0 Å². The molecule has 0 saturated carbocycles. The van der Waals surface area contributed by atoms with Crippen LogP contribution in [0, 0.1) is 0 Å². The van der Waals surface area contributed by atoms with Crippen molar-refractivity contribution in [3.63, 3.8) is 0 Å².